The summed E-state index contributed by atoms with van der Waals surface area (Å²) in [5.74, 6) is 1.47. The van der Waals surface area contributed by atoms with Gasteiger partial charge >= 0.3 is 0 Å². The number of aromatic nitrogens is 3. The highest BCUT2D eigenvalue weighted by atomic mass is 15.1. The van der Waals surface area contributed by atoms with Crippen molar-refractivity contribution < 1.29 is 0 Å². The van der Waals surface area contributed by atoms with Crippen molar-refractivity contribution in [1.29, 1.82) is 0 Å². The van der Waals surface area contributed by atoms with Crippen LogP contribution < -0.4 is 5.73 Å². The molecule has 3 rings (SSSR count). The molecule has 0 saturated carbocycles. The van der Waals surface area contributed by atoms with Gasteiger partial charge < -0.3 is 5.73 Å². The van der Waals surface area contributed by atoms with E-state index in [1.54, 1.807) is 0 Å². The molecular weight excluding hydrogens is 284 g/mol. The zero-order chi connectivity index (χ0) is 16.6. The number of rotatable bonds is 2. The summed E-state index contributed by atoms with van der Waals surface area (Å²) in [6.45, 7) is 8.25. The van der Waals surface area contributed by atoms with E-state index in [9.17, 15) is 0 Å². The SMILES string of the molecule is Cc1ccc(-c2nc(N)nc(-c3ccc(C)cc3C)n2)c(C)c1. The van der Waals surface area contributed by atoms with E-state index in [2.05, 4.69) is 66.9 Å². The lowest BCUT2D eigenvalue weighted by atomic mass is 10.0. The molecule has 4 heteroatoms. The molecule has 1 aromatic heterocycles. The molecule has 2 aromatic carbocycles. The van der Waals surface area contributed by atoms with Crippen LogP contribution in [-0.4, -0.2) is 15.0 Å². The zero-order valence-electron chi connectivity index (χ0n) is 13.9. The predicted molar refractivity (Wildman–Crippen MR) is 94.1 cm³/mol. The van der Waals surface area contributed by atoms with Crippen molar-refractivity contribution in [3.8, 4) is 22.8 Å². The van der Waals surface area contributed by atoms with Gasteiger partial charge in [0.05, 0.1) is 0 Å². The lowest BCUT2D eigenvalue weighted by Gasteiger charge is -2.10. The molecule has 3 aromatic rings. The van der Waals surface area contributed by atoms with Crippen LogP contribution in [0.4, 0.5) is 5.95 Å². The van der Waals surface area contributed by atoms with Gasteiger partial charge in [-0.1, -0.05) is 47.5 Å². The molecule has 1 heterocycles. The molecule has 2 N–H and O–H groups in total. The maximum atomic E-state index is 5.93. The van der Waals surface area contributed by atoms with Crippen LogP contribution in [0.5, 0.6) is 0 Å². The standard InChI is InChI=1S/C19H20N4/c1-11-5-7-15(13(3)9-11)17-21-18(23-19(20)22-17)16-8-6-12(2)10-14(16)4/h5-10H,1-4H3,(H2,20,21,22,23). The first-order valence-corrected chi connectivity index (χ1v) is 7.61. The third-order valence-corrected chi connectivity index (χ3v) is 3.90. The second-order valence-electron chi connectivity index (χ2n) is 5.98. The molecule has 0 atom stereocenters. The zero-order valence-corrected chi connectivity index (χ0v) is 13.9. The van der Waals surface area contributed by atoms with Gasteiger partial charge in [0, 0.05) is 11.1 Å². The van der Waals surface area contributed by atoms with Gasteiger partial charge in [0.1, 0.15) is 0 Å². The summed E-state index contributed by atoms with van der Waals surface area (Å²) in [6, 6.07) is 12.4. The van der Waals surface area contributed by atoms with E-state index in [1.165, 1.54) is 11.1 Å². The highest BCUT2D eigenvalue weighted by molar-refractivity contribution is 5.67. The Labute approximate surface area is 136 Å². The highest BCUT2D eigenvalue weighted by Gasteiger charge is 2.12. The van der Waals surface area contributed by atoms with Gasteiger partial charge in [0.25, 0.3) is 0 Å². The Morgan fingerprint density at radius 2 is 1.09 bits per heavy atom. The van der Waals surface area contributed by atoms with Crippen molar-refractivity contribution in [1.82, 2.24) is 15.0 Å². The number of benzene rings is 2. The van der Waals surface area contributed by atoms with E-state index < -0.39 is 0 Å². The average molecular weight is 304 g/mol. The second kappa shape index (κ2) is 5.80. The van der Waals surface area contributed by atoms with E-state index in [1.807, 2.05) is 12.1 Å². The monoisotopic (exact) mass is 304 g/mol. The Kier molecular flexibility index (Phi) is 3.82. The van der Waals surface area contributed by atoms with Crippen molar-refractivity contribution in [3.63, 3.8) is 0 Å². The van der Waals surface area contributed by atoms with Crippen molar-refractivity contribution >= 4 is 5.95 Å². The Bertz CT molecular complexity index is 815. The van der Waals surface area contributed by atoms with E-state index >= 15 is 0 Å². The molecule has 0 aliphatic heterocycles. The quantitative estimate of drug-likeness (QED) is 0.776. The third-order valence-electron chi connectivity index (χ3n) is 3.90. The van der Waals surface area contributed by atoms with Gasteiger partial charge in [0.15, 0.2) is 11.6 Å². The van der Waals surface area contributed by atoms with Crippen LogP contribution in [0.25, 0.3) is 22.8 Å². The molecule has 0 fully saturated rings. The fourth-order valence-electron chi connectivity index (χ4n) is 2.76. The first kappa shape index (κ1) is 15.2. The summed E-state index contributed by atoms with van der Waals surface area (Å²) < 4.78 is 0. The largest absolute Gasteiger partial charge is 0.368 e. The molecule has 0 saturated heterocycles. The molecule has 0 radical (unpaired) electrons. The molecule has 0 unspecified atom stereocenters. The van der Waals surface area contributed by atoms with Gasteiger partial charge in [-0.2, -0.15) is 9.97 Å². The van der Waals surface area contributed by atoms with E-state index in [0.717, 1.165) is 22.3 Å². The molecule has 0 aliphatic carbocycles. The molecule has 0 aliphatic rings. The number of anilines is 1. The number of aryl methyl sites for hydroxylation is 4. The maximum Gasteiger partial charge on any atom is 0.224 e. The van der Waals surface area contributed by atoms with Gasteiger partial charge in [-0.15, -0.1) is 0 Å². The Morgan fingerprint density at radius 3 is 1.48 bits per heavy atom. The molecule has 116 valence electrons. The Balaban J connectivity index is 2.16. The number of nitrogens with zero attached hydrogens (tertiary/aromatic N) is 3. The summed E-state index contributed by atoms with van der Waals surface area (Å²) in [5.41, 5.74) is 12.6. The van der Waals surface area contributed by atoms with E-state index in [4.69, 9.17) is 5.73 Å². The van der Waals surface area contributed by atoms with E-state index in [0.29, 0.717) is 11.6 Å². The minimum absolute atomic E-state index is 0.241. The molecular formula is C19H20N4. The minimum atomic E-state index is 0.241. The van der Waals surface area contributed by atoms with E-state index in [-0.39, 0.29) is 5.95 Å². The first-order chi connectivity index (χ1) is 10.9. The van der Waals surface area contributed by atoms with Gasteiger partial charge in [-0.25, -0.2) is 4.98 Å². The van der Waals surface area contributed by atoms with Crippen molar-refractivity contribution in [2.45, 2.75) is 27.7 Å². The van der Waals surface area contributed by atoms with Gasteiger partial charge in [-0.3, -0.25) is 0 Å². The summed E-state index contributed by atoms with van der Waals surface area (Å²) in [6.07, 6.45) is 0. The highest BCUT2D eigenvalue weighted by Crippen LogP contribution is 2.26. The minimum Gasteiger partial charge on any atom is -0.368 e. The molecule has 23 heavy (non-hydrogen) atoms. The third kappa shape index (κ3) is 3.06. The van der Waals surface area contributed by atoms with Gasteiger partial charge in [0.2, 0.25) is 5.95 Å². The fraction of sp³-hybridized carbons (Fsp3) is 0.211. The Morgan fingerprint density at radius 1 is 0.652 bits per heavy atom. The summed E-state index contributed by atoms with van der Waals surface area (Å²) in [4.78, 5) is 13.3. The molecule has 0 spiro atoms. The van der Waals surface area contributed by atoms with Crippen LogP contribution in [-0.2, 0) is 0 Å². The van der Waals surface area contributed by atoms with Crippen molar-refractivity contribution in [2.24, 2.45) is 0 Å². The van der Waals surface area contributed by atoms with Crippen LogP contribution in [0.1, 0.15) is 22.3 Å². The lowest BCUT2D eigenvalue weighted by Crippen LogP contribution is -2.03. The van der Waals surface area contributed by atoms with Gasteiger partial charge in [-0.05, 0) is 38.8 Å². The van der Waals surface area contributed by atoms with Crippen LogP contribution in [0.2, 0.25) is 0 Å². The average Bonchev–Trinajstić information content (AvgIpc) is 2.46. The summed E-state index contributed by atoms with van der Waals surface area (Å²) >= 11 is 0. The lowest BCUT2D eigenvalue weighted by molar-refractivity contribution is 1.07. The molecule has 0 bridgehead atoms. The topological polar surface area (TPSA) is 64.7 Å². The van der Waals surface area contributed by atoms with Crippen molar-refractivity contribution in [2.75, 3.05) is 5.73 Å². The van der Waals surface area contributed by atoms with Crippen LogP contribution in [0.15, 0.2) is 36.4 Å². The fourth-order valence-corrected chi connectivity index (χ4v) is 2.76. The smallest absolute Gasteiger partial charge is 0.224 e. The van der Waals surface area contributed by atoms with Crippen LogP contribution >= 0.6 is 0 Å². The van der Waals surface area contributed by atoms with Crippen molar-refractivity contribution in [3.05, 3.63) is 58.7 Å². The summed E-state index contributed by atoms with van der Waals surface area (Å²) in [7, 11) is 0. The number of hydrogen-bond donors (Lipinski definition) is 1. The normalized spacial score (nSPS) is 10.8. The number of nitrogens with two attached hydrogens (primary N) is 1. The van der Waals surface area contributed by atoms with Crippen LogP contribution in [0, 0.1) is 27.7 Å². The predicted octanol–water partition coefficient (Wildman–Crippen LogP) is 4.02. The second-order valence-corrected chi connectivity index (χ2v) is 5.98. The first-order valence-electron chi connectivity index (χ1n) is 7.61. The van der Waals surface area contributed by atoms with Crippen LogP contribution in [0.3, 0.4) is 0 Å². The Hall–Kier alpha value is -2.75. The molecule has 4 nitrogen and oxygen atoms in total. The molecule has 0 amide bonds. The summed E-state index contributed by atoms with van der Waals surface area (Å²) in [5, 5.41) is 0. The number of nitrogen functional groups attached to an aromatic ring is 1. The maximum absolute atomic E-state index is 5.93. The number of hydrogen-bond acceptors (Lipinski definition) is 4.